The molecule has 3 rings (SSSR count). The van der Waals surface area contributed by atoms with Crippen molar-refractivity contribution in [2.24, 2.45) is 0 Å². The van der Waals surface area contributed by atoms with E-state index in [0.29, 0.717) is 0 Å². The summed E-state index contributed by atoms with van der Waals surface area (Å²) in [5, 5.41) is 5.59. The molecule has 0 spiro atoms. The van der Waals surface area contributed by atoms with Crippen molar-refractivity contribution in [1.82, 2.24) is 10.6 Å². The molecule has 0 aromatic heterocycles. The summed E-state index contributed by atoms with van der Waals surface area (Å²) in [6.45, 7) is 0. The molecule has 2 amide bonds. The lowest BCUT2D eigenvalue weighted by Crippen LogP contribution is -2.35. The number of nitrogens with one attached hydrogen (secondary N) is 2. The maximum Gasteiger partial charge on any atom is 0.315 e. The van der Waals surface area contributed by atoms with E-state index in [-0.39, 0.29) is 12.1 Å². The van der Waals surface area contributed by atoms with E-state index < -0.39 is 0 Å². The Hall–Kier alpha value is -2.29. The van der Waals surface area contributed by atoms with Gasteiger partial charge in [-0.1, -0.05) is 48.5 Å². The van der Waals surface area contributed by atoms with Crippen molar-refractivity contribution in [3.63, 3.8) is 0 Å². The van der Waals surface area contributed by atoms with Crippen molar-refractivity contribution in [3.8, 4) is 11.1 Å². The van der Waals surface area contributed by atoms with Gasteiger partial charge in [-0.2, -0.15) is 0 Å². The summed E-state index contributed by atoms with van der Waals surface area (Å²) in [4.78, 5) is 11.6. The van der Waals surface area contributed by atoms with Crippen molar-refractivity contribution in [3.05, 3.63) is 59.7 Å². The van der Waals surface area contributed by atoms with Crippen molar-refractivity contribution in [1.29, 1.82) is 0 Å². The Balaban J connectivity index is 2.12. The van der Waals surface area contributed by atoms with Crippen molar-refractivity contribution < 1.29 is 4.79 Å². The highest BCUT2D eigenvalue weighted by molar-refractivity contribution is 5.82. The van der Waals surface area contributed by atoms with Gasteiger partial charge < -0.3 is 10.6 Å². The second-order valence-corrected chi connectivity index (χ2v) is 4.33. The summed E-state index contributed by atoms with van der Waals surface area (Å²) in [5.74, 6) is 0. The van der Waals surface area contributed by atoms with Crippen LogP contribution >= 0.6 is 0 Å². The van der Waals surface area contributed by atoms with Crippen LogP contribution in [-0.2, 0) is 0 Å². The first-order chi connectivity index (χ1) is 8.81. The molecule has 0 radical (unpaired) electrons. The first kappa shape index (κ1) is 10.8. The second kappa shape index (κ2) is 4.18. The maximum absolute atomic E-state index is 11.6. The molecule has 0 bridgehead atoms. The van der Waals surface area contributed by atoms with Gasteiger partial charge in [-0.3, -0.25) is 0 Å². The second-order valence-electron chi connectivity index (χ2n) is 4.33. The third-order valence-corrected chi connectivity index (χ3v) is 3.34. The smallest absolute Gasteiger partial charge is 0.315 e. The van der Waals surface area contributed by atoms with Crippen LogP contribution in [-0.4, -0.2) is 13.1 Å². The molecule has 0 atom stereocenters. The SMILES string of the molecule is CNC(=O)NC1c2ccccc2-c2ccccc21. The average molecular weight is 238 g/mol. The van der Waals surface area contributed by atoms with E-state index in [1.54, 1.807) is 7.05 Å². The van der Waals surface area contributed by atoms with Gasteiger partial charge in [0.05, 0.1) is 6.04 Å². The van der Waals surface area contributed by atoms with Gasteiger partial charge >= 0.3 is 6.03 Å². The lowest BCUT2D eigenvalue weighted by Gasteiger charge is -2.15. The Bertz CT molecular complexity index is 561. The third kappa shape index (κ3) is 1.56. The predicted molar refractivity (Wildman–Crippen MR) is 71.3 cm³/mol. The summed E-state index contributed by atoms with van der Waals surface area (Å²) in [7, 11) is 1.63. The van der Waals surface area contributed by atoms with Crippen LogP contribution in [0, 0.1) is 0 Å². The lowest BCUT2D eigenvalue weighted by atomic mass is 10.1. The van der Waals surface area contributed by atoms with Gasteiger partial charge in [0, 0.05) is 7.05 Å². The van der Waals surface area contributed by atoms with Gasteiger partial charge in [0.25, 0.3) is 0 Å². The summed E-state index contributed by atoms with van der Waals surface area (Å²) >= 11 is 0. The topological polar surface area (TPSA) is 41.1 Å². The molecule has 0 heterocycles. The molecule has 0 unspecified atom stereocenters. The summed E-state index contributed by atoms with van der Waals surface area (Å²) < 4.78 is 0. The molecule has 1 aliphatic rings. The van der Waals surface area contributed by atoms with Gasteiger partial charge in [0.2, 0.25) is 0 Å². The zero-order valence-electron chi connectivity index (χ0n) is 10.1. The van der Waals surface area contributed by atoms with Crippen LogP contribution in [0.15, 0.2) is 48.5 Å². The Morgan fingerprint density at radius 2 is 1.44 bits per heavy atom. The third-order valence-electron chi connectivity index (χ3n) is 3.34. The molecule has 2 N–H and O–H groups in total. The number of hydrogen-bond acceptors (Lipinski definition) is 1. The molecule has 18 heavy (non-hydrogen) atoms. The van der Waals surface area contributed by atoms with Gasteiger partial charge in [0.15, 0.2) is 0 Å². The van der Waals surface area contributed by atoms with Crippen molar-refractivity contribution >= 4 is 6.03 Å². The normalized spacial score (nSPS) is 12.7. The fraction of sp³-hybridized carbons (Fsp3) is 0.133. The van der Waals surface area contributed by atoms with Gasteiger partial charge in [-0.25, -0.2) is 4.79 Å². The number of rotatable bonds is 1. The van der Waals surface area contributed by atoms with Crippen LogP contribution < -0.4 is 10.6 Å². The van der Waals surface area contributed by atoms with Crippen LogP contribution in [0.5, 0.6) is 0 Å². The zero-order valence-corrected chi connectivity index (χ0v) is 10.1. The minimum absolute atomic E-state index is 0.0580. The summed E-state index contributed by atoms with van der Waals surface area (Å²) in [6.07, 6.45) is 0. The van der Waals surface area contributed by atoms with Crippen LogP contribution in [0.4, 0.5) is 4.79 Å². The number of hydrogen-bond donors (Lipinski definition) is 2. The summed E-state index contributed by atoms with van der Waals surface area (Å²) in [6, 6.07) is 16.2. The van der Waals surface area contributed by atoms with Gasteiger partial charge in [0.1, 0.15) is 0 Å². The standard InChI is InChI=1S/C15H14N2O/c1-16-15(18)17-14-12-8-4-2-6-10(12)11-7-3-5-9-13(11)14/h2-9,14H,1H3,(H2,16,17,18). The molecular formula is C15H14N2O. The number of amides is 2. The molecule has 2 aromatic carbocycles. The Morgan fingerprint density at radius 3 is 1.94 bits per heavy atom. The van der Waals surface area contributed by atoms with E-state index in [1.165, 1.54) is 11.1 Å². The number of benzene rings is 2. The molecule has 0 aliphatic heterocycles. The quantitative estimate of drug-likeness (QED) is 0.788. The van der Waals surface area contributed by atoms with Crippen LogP contribution in [0.25, 0.3) is 11.1 Å². The zero-order chi connectivity index (χ0) is 12.5. The van der Waals surface area contributed by atoms with Crippen LogP contribution in [0.3, 0.4) is 0 Å². The number of fused-ring (bicyclic) bond motifs is 3. The predicted octanol–water partition coefficient (Wildman–Crippen LogP) is 2.69. The lowest BCUT2D eigenvalue weighted by molar-refractivity contribution is 0.241. The number of carbonyl (C=O) groups excluding carboxylic acids is 1. The average Bonchev–Trinajstić information content (AvgIpc) is 2.74. The monoisotopic (exact) mass is 238 g/mol. The van der Waals surface area contributed by atoms with Gasteiger partial charge in [-0.05, 0) is 22.3 Å². The van der Waals surface area contributed by atoms with E-state index in [1.807, 2.05) is 24.3 Å². The molecule has 0 saturated carbocycles. The molecular weight excluding hydrogens is 224 g/mol. The molecule has 3 nitrogen and oxygen atoms in total. The van der Waals surface area contributed by atoms with E-state index in [4.69, 9.17) is 0 Å². The molecule has 0 fully saturated rings. The minimum Gasteiger partial charge on any atom is -0.341 e. The molecule has 1 aliphatic carbocycles. The van der Waals surface area contributed by atoms with E-state index >= 15 is 0 Å². The number of carbonyl (C=O) groups is 1. The highest BCUT2D eigenvalue weighted by atomic mass is 16.2. The number of urea groups is 1. The van der Waals surface area contributed by atoms with Crippen molar-refractivity contribution in [2.45, 2.75) is 6.04 Å². The first-order valence-electron chi connectivity index (χ1n) is 5.97. The molecule has 0 saturated heterocycles. The molecule has 3 heteroatoms. The summed E-state index contributed by atoms with van der Waals surface area (Å²) in [5.41, 5.74) is 4.72. The fourth-order valence-electron chi connectivity index (χ4n) is 2.51. The van der Waals surface area contributed by atoms with Crippen molar-refractivity contribution in [2.75, 3.05) is 7.05 Å². The molecule has 2 aromatic rings. The Morgan fingerprint density at radius 1 is 0.944 bits per heavy atom. The molecule has 90 valence electrons. The fourth-order valence-corrected chi connectivity index (χ4v) is 2.51. The maximum atomic E-state index is 11.6. The minimum atomic E-state index is -0.161. The van der Waals surface area contributed by atoms with E-state index in [9.17, 15) is 4.79 Å². The largest absolute Gasteiger partial charge is 0.341 e. The highest BCUT2D eigenvalue weighted by Gasteiger charge is 2.28. The van der Waals surface area contributed by atoms with E-state index in [0.717, 1.165) is 11.1 Å². The van der Waals surface area contributed by atoms with Crippen LogP contribution in [0.2, 0.25) is 0 Å². The van der Waals surface area contributed by atoms with Gasteiger partial charge in [-0.15, -0.1) is 0 Å². The van der Waals surface area contributed by atoms with E-state index in [2.05, 4.69) is 34.9 Å². The first-order valence-corrected chi connectivity index (χ1v) is 5.97. The highest BCUT2D eigenvalue weighted by Crippen LogP contribution is 2.42. The Labute approximate surface area is 106 Å². The van der Waals surface area contributed by atoms with Crippen LogP contribution in [0.1, 0.15) is 17.2 Å². The Kier molecular flexibility index (Phi) is 2.52.